The molecule has 0 aliphatic heterocycles. The molecule has 3 heterocycles. The van der Waals surface area contributed by atoms with Crippen LogP contribution >= 0.6 is 11.3 Å². The third kappa shape index (κ3) is 2.63. The molecule has 6 nitrogen and oxygen atoms in total. The number of nitrogens with zero attached hydrogens (tertiary/aromatic N) is 6. The molecule has 0 bridgehead atoms. The van der Waals surface area contributed by atoms with Gasteiger partial charge in [-0.05, 0) is 18.1 Å². The minimum absolute atomic E-state index is 0.140. The van der Waals surface area contributed by atoms with Crippen LogP contribution in [0.15, 0.2) is 48.8 Å². The second kappa shape index (κ2) is 5.92. The van der Waals surface area contributed by atoms with Crippen molar-refractivity contribution in [1.29, 1.82) is 0 Å². The lowest BCUT2D eigenvalue weighted by Gasteiger charge is -2.11. The maximum atomic E-state index is 4.75. The van der Waals surface area contributed by atoms with Crippen molar-refractivity contribution in [3.63, 3.8) is 0 Å². The molecular formula is C16H16N6S. The Hall–Kier alpha value is -2.54. The minimum atomic E-state index is 0.140. The maximum absolute atomic E-state index is 4.75. The first kappa shape index (κ1) is 14.1. The van der Waals surface area contributed by atoms with Gasteiger partial charge in [0, 0.05) is 18.8 Å². The Morgan fingerprint density at radius 1 is 1.13 bits per heavy atom. The lowest BCUT2D eigenvalue weighted by molar-refractivity contribution is 0.501. The van der Waals surface area contributed by atoms with Gasteiger partial charge in [-0.25, -0.2) is 0 Å². The number of benzene rings is 1. The van der Waals surface area contributed by atoms with Crippen LogP contribution < -0.4 is 0 Å². The van der Waals surface area contributed by atoms with Crippen LogP contribution in [0, 0.1) is 0 Å². The third-order valence-electron chi connectivity index (χ3n) is 3.79. The fraction of sp³-hybridized carbons (Fsp3) is 0.250. The number of aromatic nitrogens is 6. The van der Waals surface area contributed by atoms with Crippen molar-refractivity contribution in [2.75, 3.05) is 0 Å². The lowest BCUT2D eigenvalue weighted by Crippen LogP contribution is -2.10. The highest BCUT2D eigenvalue weighted by Gasteiger charge is 2.19. The van der Waals surface area contributed by atoms with E-state index in [1.807, 2.05) is 39.7 Å². The highest BCUT2D eigenvalue weighted by atomic mass is 32.1. The summed E-state index contributed by atoms with van der Waals surface area (Å²) in [5, 5.41) is 18.7. The van der Waals surface area contributed by atoms with E-state index in [0.717, 1.165) is 28.6 Å². The molecule has 4 rings (SSSR count). The smallest absolute Gasteiger partial charge is 0.234 e. The van der Waals surface area contributed by atoms with Crippen LogP contribution in [0.1, 0.15) is 35.8 Å². The zero-order valence-electron chi connectivity index (χ0n) is 12.7. The van der Waals surface area contributed by atoms with Gasteiger partial charge in [0.15, 0.2) is 5.82 Å². The first-order chi connectivity index (χ1) is 11.3. The van der Waals surface area contributed by atoms with Crippen molar-refractivity contribution in [3.8, 4) is 0 Å². The Balaban J connectivity index is 1.69. The Morgan fingerprint density at radius 3 is 2.74 bits per heavy atom. The van der Waals surface area contributed by atoms with E-state index in [9.17, 15) is 0 Å². The summed E-state index contributed by atoms with van der Waals surface area (Å²) in [4.78, 5) is 0.830. The summed E-state index contributed by atoms with van der Waals surface area (Å²) >= 11 is 1.58. The standard InChI is InChI=1S/C16H16N6S/c1-2-13(21-10-6-9-17-21)15-20-22-14(18-19-16(22)23-15)11-12-7-4-3-5-8-12/h3-10,13H,2,11H2,1H3. The summed E-state index contributed by atoms with van der Waals surface area (Å²) in [5.41, 5.74) is 1.20. The molecule has 1 unspecified atom stereocenters. The van der Waals surface area contributed by atoms with Crippen LogP contribution in [-0.4, -0.2) is 29.6 Å². The summed E-state index contributed by atoms with van der Waals surface area (Å²) in [6.07, 6.45) is 5.43. The molecular weight excluding hydrogens is 308 g/mol. The van der Waals surface area contributed by atoms with Gasteiger partial charge in [0.05, 0.1) is 0 Å². The minimum Gasteiger partial charge on any atom is -0.263 e. The monoisotopic (exact) mass is 324 g/mol. The quantitative estimate of drug-likeness (QED) is 0.566. The van der Waals surface area contributed by atoms with E-state index in [4.69, 9.17) is 5.10 Å². The second-order valence-electron chi connectivity index (χ2n) is 5.32. The Kier molecular flexibility index (Phi) is 3.63. The van der Waals surface area contributed by atoms with Crippen molar-refractivity contribution >= 4 is 16.3 Å². The molecule has 0 aliphatic carbocycles. The van der Waals surface area contributed by atoms with Crippen molar-refractivity contribution in [3.05, 3.63) is 65.2 Å². The lowest BCUT2D eigenvalue weighted by atomic mass is 10.1. The van der Waals surface area contributed by atoms with Crippen LogP contribution in [0.4, 0.5) is 0 Å². The number of hydrogen-bond donors (Lipinski definition) is 0. The number of hydrogen-bond acceptors (Lipinski definition) is 5. The molecule has 1 aromatic carbocycles. The summed E-state index contributed by atoms with van der Waals surface area (Å²) < 4.78 is 3.81. The molecule has 0 amide bonds. The van der Waals surface area contributed by atoms with Crippen LogP contribution in [0.2, 0.25) is 0 Å². The van der Waals surface area contributed by atoms with Crippen LogP contribution in [0.3, 0.4) is 0 Å². The highest BCUT2D eigenvalue weighted by molar-refractivity contribution is 7.16. The molecule has 23 heavy (non-hydrogen) atoms. The van der Waals surface area contributed by atoms with Gasteiger partial charge in [-0.15, -0.1) is 10.2 Å². The van der Waals surface area contributed by atoms with E-state index in [1.165, 1.54) is 5.56 Å². The molecule has 7 heteroatoms. The van der Waals surface area contributed by atoms with Gasteiger partial charge < -0.3 is 0 Å². The summed E-state index contributed by atoms with van der Waals surface area (Å²) in [7, 11) is 0. The molecule has 0 aliphatic rings. The van der Waals surface area contributed by atoms with Gasteiger partial charge >= 0.3 is 0 Å². The predicted octanol–water partition coefficient (Wildman–Crippen LogP) is 2.97. The largest absolute Gasteiger partial charge is 0.263 e. The Labute approximate surface area is 137 Å². The average molecular weight is 324 g/mol. The Morgan fingerprint density at radius 2 is 2.00 bits per heavy atom. The number of rotatable bonds is 5. The van der Waals surface area contributed by atoms with E-state index in [-0.39, 0.29) is 6.04 Å². The molecule has 0 radical (unpaired) electrons. The molecule has 0 N–H and O–H groups in total. The zero-order chi connectivity index (χ0) is 15.6. The van der Waals surface area contributed by atoms with Gasteiger partial charge in [-0.2, -0.15) is 14.7 Å². The molecule has 4 aromatic rings. The van der Waals surface area contributed by atoms with Crippen LogP contribution in [0.25, 0.3) is 4.96 Å². The van der Waals surface area contributed by atoms with Gasteiger partial charge in [-0.1, -0.05) is 48.6 Å². The van der Waals surface area contributed by atoms with E-state index in [0.29, 0.717) is 0 Å². The third-order valence-corrected chi connectivity index (χ3v) is 4.79. The molecule has 1 atom stereocenters. The summed E-state index contributed by atoms with van der Waals surface area (Å²) in [6.45, 7) is 2.14. The van der Waals surface area contributed by atoms with Gasteiger partial charge in [0.1, 0.15) is 11.0 Å². The molecule has 0 spiro atoms. The molecule has 0 saturated carbocycles. The molecule has 3 aromatic heterocycles. The maximum Gasteiger partial charge on any atom is 0.234 e. The van der Waals surface area contributed by atoms with Gasteiger partial charge in [0.25, 0.3) is 0 Å². The molecule has 0 fully saturated rings. The Bertz CT molecular complexity index is 893. The SMILES string of the molecule is CCC(c1nn2c(Cc3ccccc3)nnc2s1)n1cccn1. The zero-order valence-corrected chi connectivity index (χ0v) is 13.5. The number of fused-ring (bicyclic) bond motifs is 1. The predicted molar refractivity (Wildman–Crippen MR) is 88.6 cm³/mol. The van der Waals surface area contributed by atoms with E-state index >= 15 is 0 Å². The van der Waals surface area contributed by atoms with E-state index in [2.05, 4.69) is 34.4 Å². The van der Waals surface area contributed by atoms with Crippen molar-refractivity contribution < 1.29 is 0 Å². The fourth-order valence-electron chi connectivity index (χ4n) is 2.64. The summed E-state index contributed by atoms with van der Waals surface area (Å²) in [5.74, 6) is 0.865. The average Bonchev–Trinajstić information content (AvgIpc) is 3.29. The van der Waals surface area contributed by atoms with Crippen molar-refractivity contribution in [2.45, 2.75) is 25.8 Å². The van der Waals surface area contributed by atoms with E-state index < -0.39 is 0 Å². The van der Waals surface area contributed by atoms with E-state index in [1.54, 1.807) is 17.5 Å². The van der Waals surface area contributed by atoms with Crippen LogP contribution in [0.5, 0.6) is 0 Å². The van der Waals surface area contributed by atoms with Gasteiger partial charge in [0.2, 0.25) is 4.96 Å². The molecule has 116 valence electrons. The molecule has 0 saturated heterocycles. The van der Waals surface area contributed by atoms with Crippen LogP contribution in [-0.2, 0) is 6.42 Å². The van der Waals surface area contributed by atoms with Gasteiger partial charge in [-0.3, -0.25) is 4.68 Å². The normalized spacial score (nSPS) is 12.7. The highest BCUT2D eigenvalue weighted by Crippen LogP contribution is 2.26. The topological polar surface area (TPSA) is 60.9 Å². The fourth-order valence-corrected chi connectivity index (χ4v) is 3.67. The van der Waals surface area contributed by atoms with Crippen molar-refractivity contribution in [2.24, 2.45) is 0 Å². The first-order valence-corrected chi connectivity index (χ1v) is 8.41. The summed E-state index contributed by atoms with van der Waals surface area (Å²) in [6, 6.07) is 12.3. The van der Waals surface area contributed by atoms with Crippen molar-refractivity contribution in [1.82, 2.24) is 29.6 Å². The second-order valence-corrected chi connectivity index (χ2v) is 6.31. The first-order valence-electron chi connectivity index (χ1n) is 7.59.